The van der Waals surface area contributed by atoms with Crippen LogP contribution in [0.2, 0.25) is 0 Å². The summed E-state index contributed by atoms with van der Waals surface area (Å²) in [5.74, 6) is 2.17. The largest absolute Gasteiger partial charge is 0.492 e. The Hall–Kier alpha value is -2.73. The normalized spacial score (nSPS) is 12.2. The molecule has 0 fully saturated rings. The van der Waals surface area contributed by atoms with Gasteiger partial charge in [0.1, 0.15) is 12.0 Å². The molecule has 0 spiro atoms. The first kappa shape index (κ1) is 17.1. The average Bonchev–Trinajstić information content (AvgIpc) is 3.32. The number of oxazole rings is 1. The van der Waals surface area contributed by atoms with Gasteiger partial charge in [-0.25, -0.2) is 4.98 Å². The van der Waals surface area contributed by atoms with Gasteiger partial charge in [-0.3, -0.25) is 0 Å². The number of nitrogens with zero attached hydrogens (tertiary/aromatic N) is 1. The Morgan fingerprint density at radius 2 is 2.08 bits per heavy atom. The average molecular weight is 343 g/mol. The molecule has 1 unspecified atom stereocenters. The summed E-state index contributed by atoms with van der Waals surface area (Å²) in [4.78, 5) is 4.06. The van der Waals surface area contributed by atoms with Crippen LogP contribution in [0.3, 0.4) is 0 Å². The lowest BCUT2D eigenvalue weighted by molar-refractivity contribution is 0.173. The summed E-state index contributed by atoms with van der Waals surface area (Å²) in [6.45, 7) is 4.01. The molecule has 25 heavy (non-hydrogen) atoms. The van der Waals surface area contributed by atoms with Crippen LogP contribution >= 0.6 is 0 Å². The summed E-state index contributed by atoms with van der Waals surface area (Å²) in [5, 5.41) is 10.5. The second-order valence-corrected chi connectivity index (χ2v) is 5.64. The summed E-state index contributed by atoms with van der Waals surface area (Å²) in [6, 6.07) is 5.53. The number of furan rings is 1. The molecule has 1 aromatic carbocycles. The van der Waals surface area contributed by atoms with Crippen molar-refractivity contribution in [2.45, 2.75) is 33.0 Å². The predicted octanol–water partition coefficient (Wildman–Crippen LogP) is 4.27. The molecule has 1 N–H and O–H groups in total. The van der Waals surface area contributed by atoms with E-state index in [4.69, 9.17) is 18.3 Å². The van der Waals surface area contributed by atoms with Gasteiger partial charge in [-0.2, -0.15) is 0 Å². The highest BCUT2D eigenvalue weighted by Gasteiger charge is 2.25. The Balaban J connectivity index is 2.10. The standard InChI is InChI=1S/C19H21NO5/c1-4-14(21)13-10-12(2)18(25-11-16-20-7-9-24-16)19(22-3)17(13)15-6-5-8-23-15/h5-10,14,21H,4,11H2,1-3H3. The van der Waals surface area contributed by atoms with Crippen molar-refractivity contribution in [3.05, 3.63) is 53.9 Å². The number of hydrogen-bond donors (Lipinski definition) is 1. The van der Waals surface area contributed by atoms with Gasteiger partial charge < -0.3 is 23.4 Å². The van der Waals surface area contributed by atoms with Crippen LogP contribution in [0.1, 0.15) is 36.5 Å². The number of aliphatic hydroxyl groups excluding tert-OH is 1. The van der Waals surface area contributed by atoms with Gasteiger partial charge in [-0.15, -0.1) is 0 Å². The van der Waals surface area contributed by atoms with E-state index >= 15 is 0 Å². The highest BCUT2D eigenvalue weighted by Crippen LogP contribution is 2.45. The van der Waals surface area contributed by atoms with Gasteiger partial charge in [0.15, 0.2) is 18.1 Å². The Morgan fingerprint density at radius 1 is 1.24 bits per heavy atom. The fourth-order valence-corrected chi connectivity index (χ4v) is 2.78. The second kappa shape index (κ2) is 7.44. The summed E-state index contributed by atoms with van der Waals surface area (Å²) in [6.07, 6.45) is 4.60. The fourth-order valence-electron chi connectivity index (χ4n) is 2.78. The van der Waals surface area contributed by atoms with E-state index in [1.807, 2.05) is 26.0 Å². The first-order chi connectivity index (χ1) is 12.2. The summed E-state index contributed by atoms with van der Waals surface area (Å²) >= 11 is 0. The third-order valence-electron chi connectivity index (χ3n) is 3.99. The van der Waals surface area contributed by atoms with Crippen molar-refractivity contribution in [2.24, 2.45) is 0 Å². The Bertz CT molecular complexity index is 809. The van der Waals surface area contributed by atoms with E-state index < -0.39 is 6.10 Å². The Labute approximate surface area is 146 Å². The number of aryl methyl sites for hydroxylation is 1. The summed E-state index contributed by atoms with van der Waals surface area (Å²) in [7, 11) is 1.57. The van der Waals surface area contributed by atoms with Crippen molar-refractivity contribution in [1.29, 1.82) is 0 Å². The van der Waals surface area contributed by atoms with Crippen LogP contribution in [-0.2, 0) is 6.61 Å². The molecule has 0 aliphatic heterocycles. The van der Waals surface area contributed by atoms with E-state index in [0.717, 1.165) is 11.1 Å². The van der Waals surface area contributed by atoms with Crippen LogP contribution in [0, 0.1) is 6.92 Å². The van der Waals surface area contributed by atoms with E-state index in [1.54, 1.807) is 25.6 Å². The molecule has 0 radical (unpaired) electrons. The number of hydrogen-bond acceptors (Lipinski definition) is 6. The number of rotatable bonds is 7. The number of benzene rings is 1. The van der Waals surface area contributed by atoms with E-state index in [1.165, 1.54) is 6.26 Å². The van der Waals surface area contributed by atoms with Crippen molar-refractivity contribution in [3.8, 4) is 22.8 Å². The number of aliphatic hydroxyl groups is 1. The van der Waals surface area contributed by atoms with Crippen LogP contribution < -0.4 is 9.47 Å². The first-order valence-corrected chi connectivity index (χ1v) is 8.10. The van der Waals surface area contributed by atoms with Crippen molar-refractivity contribution < 1.29 is 23.4 Å². The van der Waals surface area contributed by atoms with Gasteiger partial charge in [0.05, 0.1) is 31.2 Å². The maximum absolute atomic E-state index is 10.5. The van der Waals surface area contributed by atoms with E-state index in [2.05, 4.69) is 4.98 Å². The molecule has 3 rings (SSSR count). The molecule has 6 nitrogen and oxygen atoms in total. The smallest absolute Gasteiger partial charge is 0.232 e. The monoisotopic (exact) mass is 343 g/mol. The summed E-state index contributed by atoms with van der Waals surface area (Å²) < 4.78 is 22.3. The van der Waals surface area contributed by atoms with Gasteiger partial charge in [0, 0.05) is 0 Å². The minimum atomic E-state index is -0.631. The fraction of sp³-hybridized carbons (Fsp3) is 0.316. The zero-order valence-electron chi connectivity index (χ0n) is 14.5. The third-order valence-corrected chi connectivity index (χ3v) is 3.99. The molecule has 0 aliphatic rings. The zero-order chi connectivity index (χ0) is 17.8. The van der Waals surface area contributed by atoms with Gasteiger partial charge in [0.25, 0.3) is 0 Å². The zero-order valence-corrected chi connectivity index (χ0v) is 14.5. The number of methoxy groups -OCH3 is 1. The molecular weight excluding hydrogens is 322 g/mol. The molecule has 0 saturated carbocycles. The van der Waals surface area contributed by atoms with Crippen molar-refractivity contribution in [2.75, 3.05) is 7.11 Å². The van der Waals surface area contributed by atoms with E-state index in [-0.39, 0.29) is 6.61 Å². The van der Waals surface area contributed by atoms with Gasteiger partial charge in [0.2, 0.25) is 5.89 Å². The third kappa shape index (κ3) is 3.39. The molecule has 0 saturated heterocycles. The van der Waals surface area contributed by atoms with Crippen molar-refractivity contribution in [3.63, 3.8) is 0 Å². The number of ether oxygens (including phenoxy) is 2. The van der Waals surface area contributed by atoms with E-state index in [0.29, 0.717) is 35.1 Å². The lowest BCUT2D eigenvalue weighted by atomic mass is 9.95. The quantitative estimate of drug-likeness (QED) is 0.690. The van der Waals surface area contributed by atoms with Crippen molar-refractivity contribution in [1.82, 2.24) is 4.98 Å². The van der Waals surface area contributed by atoms with Gasteiger partial charge in [-0.1, -0.05) is 6.92 Å². The van der Waals surface area contributed by atoms with Crippen LogP contribution in [0.5, 0.6) is 11.5 Å². The Morgan fingerprint density at radius 3 is 2.68 bits per heavy atom. The molecule has 6 heteroatoms. The molecule has 132 valence electrons. The molecular formula is C19H21NO5. The molecule has 1 atom stereocenters. The predicted molar refractivity (Wildman–Crippen MR) is 91.5 cm³/mol. The molecule has 0 bridgehead atoms. The molecule has 2 heterocycles. The van der Waals surface area contributed by atoms with Crippen LogP contribution in [0.4, 0.5) is 0 Å². The lowest BCUT2D eigenvalue weighted by Crippen LogP contribution is -2.06. The topological polar surface area (TPSA) is 77.9 Å². The van der Waals surface area contributed by atoms with Crippen LogP contribution in [0.25, 0.3) is 11.3 Å². The lowest BCUT2D eigenvalue weighted by Gasteiger charge is -2.21. The molecule has 3 aromatic rings. The minimum Gasteiger partial charge on any atom is -0.492 e. The maximum atomic E-state index is 10.5. The second-order valence-electron chi connectivity index (χ2n) is 5.64. The van der Waals surface area contributed by atoms with Crippen LogP contribution in [0.15, 0.2) is 45.8 Å². The minimum absolute atomic E-state index is 0.178. The van der Waals surface area contributed by atoms with Crippen LogP contribution in [-0.4, -0.2) is 17.2 Å². The van der Waals surface area contributed by atoms with Crippen molar-refractivity contribution >= 4 is 0 Å². The molecule has 0 aliphatic carbocycles. The molecule has 2 aromatic heterocycles. The summed E-state index contributed by atoms with van der Waals surface area (Å²) in [5.41, 5.74) is 2.28. The first-order valence-electron chi connectivity index (χ1n) is 8.10. The highest BCUT2D eigenvalue weighted by molar-refractivity contribution is 5.76. The van der Waals surface area contributed by atoms with Gasteiger partial charge >= 0.3 is 0 Å². The SMILES string of the molecule is CCC(O)c1cc(C)c(OCc2ncco2)c(OC)c1-c1ccco1. The highest BCUT2D eigenvalue weighted by atomic mass is 16.5. The maximum Gasteiger partial charge on any atom is 0.232 e. The Kier molecular flexibility index (Phi) is 5.09. The number of aromatic nitrogens is 1. The molecule has 0 amide bonds. The van der Waals surface area contributed by atoms with Gasteiger partial charge in [-0.05, 0) is 42.7 Å². The van der Waals surface area contributed by atoms with E-state index in [9.17, 15) is 5.11 Å².